The van der Waals surface area contributed by atoms with E-state index in [0.29, 0.717) is 6.54 Å². The van der Waals surface area contributed by atoms with E-state index in [1.54, 1.807) is 18.9 Å². The topological polar surface area (TPSA) is 32.7 Å². The Bertz CT molecular complexity index is 419. The highest BCUT2D eigenvalue weighted by Gasteiger charge is 2.24. The summed E-state index contributed by atoms with van der Waals surface area (Å²) in [6.45, 7) is 5.57. The fraction of sp³-hybridized carbons (Fsp3) is 0.625. The van der Waals surface area contributed by atoms with Gasteiger partial charge in [-0.05, 0) is 43.8 Å². The van der Waals surface area contributed by atoms with Crippen molar-refractivity contribution in [2.45, 2.75) is 43.7 Å². The van der Waals surface area contributed by atoms with E-state index in [1.165, 1.54) is 5.56 Å². The van der Waals surface area contributed by atoms with Crippen LogP contribution >= 0.6 is 11.8 Å². The van der Waals surface area contributed by atoms with E-state index in [-0.39, 0.29) is 0 Å². The lowest BCUT2D eigenvalue weighted by Crippen LogP contribution is -2.40. The standard InChI is InChI=1S/C16H27NO2S/c1-6-16(18,7-2)12-17(3)11-13-8-9-15(20-5)14(10-13)19-4/h8-10,18H,6-7,11-12H2,1-5H3. The van der Waals surface area contributed by atoms with Crippen LogP contribution in [0.25, 0.3) is 0 Å². The lowest BCUT2D eigenvalue weighted by atomic mass is 9.97. The molecule has 0 spiro atoms. The quantitative estimate of drug-likeness (QED) is 0.746. The normalized spacial score (nSPS) is 11.9. The molecule has 0 aliphatic rings. The molecule has 0 heterocycles. The smallest absolute Gasteiger partial charge is 0.132 e. The van der Waals surface area contributed by atoms with E-state index in [2.05, 4.69) is 23.1 Å². The van der Waals surface area contributed by atoms with E-state index in [1.807, 2.05) is 27.2 Å². The second-order valence-corrected chi connectivity index (χ2v) is 6.14. The second kappa shape index (κ2) is 7.91. The Labute approximate surface area is 127 Å². The highest BCUT2D eigenvalue weighted by molar-refractivity contribution is 7.98. The number of hydrogen-bond donors (Lipinski definition) is 1. The van der Waals surface area contributed by atoms with Crippen molar-refractivity contribution in [1.29, 1.82) is 0 Å². The van der Waals surface area contributed by atoms with Crippen LogP contribution in [0.2, 0.25) is 0 Å². The number of hydrogen-bond acceptors (Lipinski definition) is 4. The predicted octanol–water partition coefficient (Wildman–Crippen LogP) is 3.40. The number of rotatable bonds is 8. The van der Waals surface area contributed by atoms with Crippen molar-refractivity contribution in [1.82, 2.24) is 4.90 Å². The van der Waals surface area contributed by atoms with Crippen LogP contribution < -0.4 is 4.74 Å². The molecule has 0 atom stereocenters. The summed E-state index contributed by atoms with van der Waals surface area (Å²) >= 11 is 1.69. The molecule has 1 rings (SSSR count). The van der Waals surface area contributed by atoms with Crippen LogP contribution in [0.1, 0.15) is 32.3 Å². The number of aliphatic hydroxyl groups is 1. The Hall–Kier alpha value is -0.710. The molecule has 0 saturated heterocycles. The largest absolute Gasteiger partial charge is 0.496 e. The van der Waals surface area contributed by atoms with Crippen molar-refractivity contribution in [3.8, 4) is 5.75 Å². The molecule has 1 aromatic carbocycles. The second-order valence-electron chi connectivity index (χ2n) is 5.29. The van der Waals surface area contributed by atoms with Crippen molar-refractivity contribution in [2.75, 3.05) is 27.0 Å². The number of benzene rings is 1. The Morgan fingerprint density at radius 3 is 2.45 bits per heavy atom. The Kier molecular flexibility index (Phi) is 6.86. The van der Waals surface area contributed by atoms with Crippen LogP contribution in [0.5, 0.6) is 5.75 Å². The molecule has 114 valence electrons. The predicted molar refractivity (Wildman–Crippen MR) is 86.6 cm³/mol. The summed E-state index contributed by atoms with van der Waals surface area (Å²) in [7, 11) is 3.75. The molecule has 0 saturated carbocycles. The zero-order valence-corrected chi connectivity index (χ0v) is 14.1. The zero-order chi connectivity index (χ0) is 15.2. The Morgan fingerprint density at radius 2 is 1.95 bits per heavy atom. The first-order valence-electron chi connectivity index (χ1n) is 7.09. The molecular formula is C16H27NO2S. The van der Waals surface area contributed by atoms with E-state index in [9.17, 15) is 5.11 Å². The highest BCUT2D eigenvalue weighted by Crippen LogP contribution is 2.29. The van der Waals surface area contributed by atoms with Gasteiger partial charge in [-0.1, -0.05) is 19.9 Å². The summed E-state index contributed by atoms with van der Waals surface area (Å²) in [6, 6.07) is 6.31. The van der Waals surface area contributed by atoms with Gasteiger partial charge in [0.25, 0.3) is 0 Å². The highest BCUT2D eigenvalue weighted by atomic mass is 32.2. The van der Waals surface area contributed by atoms with Gasteiger partial charge in [0.2, 0.25) is 0 Å². The van der Waals surface area contributed by atoms with Gasteiger partial charge in [0.1, 0.15) is 5.75 Å². The minimum absolute atomic E-state index is 0.585. The summed E-state index contributed by atoms with van der Waals surface area (Å²) in [5, 5.41) is 10.4. The Morgan fingerprint density at radius 1 is 1.30 bits per heavy atom. The van der Waals surface area contributed by atoms with Crippen LogP contribution in [0.3, 0.4) is 0 Å². The van der Waals surface area contributed by atoms with Gasteiger partial charge in [-0.2, -0.15) is 0 Å². The van der Waals surface area contributed by atoms with Crippen molar-refractivity contribution in [3.63, 3.8) is 0 Å². The lowest BCUT2D eigenvalue weighted by Gasteiger charge is -2.30. The van der Waals surface area contributed by atoms with Crippen LogP contribution in [0.15, 0.2) is 23.1 Å². The molecule has 0 radical (unpaired) electrons. The number of thioether (sulfide) groups is 1. The van der Waals surface area contributed by atoms with E-state index in [0.717, 1.165) is 30.0 Å². The third-order valence-electron chi connectivity index (χ3n) is 3.78. The molecule has 20 heavy (non-hydrogen) atoms. The molecule has 0 unspecified atom stereocenters. The fourth-order valence-corrected chi connectivity index (χ4v) is 2.87. The van der Waals surface area contributed by atoms with Crippen molar-refractivity contribution in [2.24, 2.45) is 0 Å². The number of likely N-dealkylation sites (N-methyl/N-ethyl adjacent to an activating group) is 1. The van der Waals surface area contributed by atoms with Gasteiger partial charge in [-0.3, -0.25) is 4.90 Å². The molecule has 4 heteroatoms. The average Bonchev–Trinajstić information content (AvgIpc) is 2.46. The molecule has 0 aromatic heterocycles. The molecule has 1 N–H and O–H groups in total. The maximum atomic E-state index is 10.4. The van der Waals surface area contributed by atoms with Gasteiger partial charge in [-0.15, -0.1) is 11.8 Å². The summed E-state index contributed by atoms with van der Waals surface area (Å²) in [6.07, 6.45) is 3.61. The van der Waals surface area contributed by atoms with Gasteiger partial charge in [0.15, 0.2) is 0 Å². The maximum absolute atomic E-state index is 10.4. The first-order valence-corrected chi connectivity index (χ1v) is 8.32. The lowest BCUT2D eigenvalue weighted by molar-refractivity contribution is 0.00130. The van der Waals surface area contributed by atoms with Gasteiger partial charge in [-0.25, -0.2) is 0 Å². The van der Waals surface area contributed by atoms with E-state index < -0.39 is 5.60 Å². The molecule has 0 aliphatic carbocycles. The summed E-state index contributed by atoms with van der Waals surface area (Å²) in [5.41, 5.74) is 0.620. The summed E-state index contributed by atoms with van der Waals surface area (Å²) < 4.78 is 5.41. The van der Waals surface area contributed by atoms with Gasteiger partial charge < -0.3 is 9.84 Å². The summed E-state index contributed by atoms with van der Waals surface area (Å²) in [4.78, 5) is 3.32. The first kappa shape index (κ1) is 17.3. The number of ether oxygens (including phenoxy) is 1. The fourth-order valence-electron chi connectivity index (χ4n) is 2.32. The minimum Gasteiger partial charge on any atom is -0.496 e. The zero-order valence-electron chi connectivity index (χ0n) is 13.3. The van der Waals surface area contributed by atoms with Crippen molar-refractivity contribution in [3.05, 3.63) is 23.8 Å². The molecule has 0 aliphatic heterocycles. The minimum atomic E-state index is -0.585. The Balaban J connectivity index is 2.73. The van der Waals surface area contributed by atoms with Gasteiger partial charge in [0, 0.05) is 18.0 Å². The molecule has 3 nitrogen and oxygen atoms in total. The third-order valence-corrected chi connectivity index (χ3v) is 4.56. The van der Waals surface area contributed by atoms with Gasteiger partial charge >= 0.3 is 0 Å². The number of nitrogens with zero attached hydrogens (tertiary/aromatic N) is 1. The molecule has 0 fully saturated rings. The van der Waals surface area contributed by atoms with Crippen LogP contribution in [0.4, 0.5) is 0 Å². The molecule has 1 aromatic rings. The van der Waals surface area contributed by atoms with E-state index in [4.69, 9.17) is 4.74 Å². The maximum Gasteiger partial charge on any atom is 0.132 e. The third kappa shape index (κ3) is 4.69. The SMILES string of the molecule is CCC(O)(CC)CN(C)Cc1ccc(SC)c(OC)c1. The van der Waals surface area contributed by atoms with Crippen LogP contribution in [-0.2, 0) is 6.54 Å². The van der Waals surface area contributed by atoms with Crippen LogP contribution in [-0.4, -0.2) is 42.6 Å². The first-order chi connectivity index (χ1) is 9.47. The monoisotopic (exact) mass is 297 g/mol. The molecular weight excluding hydrogens is 270 g/mol. The van der Waals surface area contributed by atoms with E-state index >= 15 is 0 Å². The van der Waals surface area contributed by atoms with Crippen molar-refractivity contribution >= 4 is 11.8 Å². The average molecular weight is 297 g/mol. The molecule has 0 bridgehead atoms. The van der Waals surface area contributed by atoms with Crippen molar-refractivity contribution < 1.29 is 9.84 Å². The van der Waals surface area contributed by atoms with Crippen LogP contribution in [0, 0.1) is 0 Å². The number of methoxy groups -OCH3 is 1. The summed E-state index contributed by atoms with van der Waals surface area (Å²) in [5.74, 6) is 0.921. The van der Waals surface area contributed by atoms with Gasteiger partial charge in [0.05, 0.1) is 12.7 Å². The molecule has 0 amide bonds.